The largest absolute Gasteiger partial charge is 0.506 e. The third-order valence-corrected chi connectivity index (χ3v) is 3.37. The van der Waals surface area contributed by atoms with Crippen molar-refractivity contribution in [2.24, 2.45) is 0 Å². The van der Waals surface area contributed by atoms with Gasteiger partial charge >= 0.3 is 0 Å². The molecule has 23 heavy (non-hydrogen) atoms. The van der Waals surface area contributed by atoms with Gasteiger partial charge in [0.25, 0.3) is 5.91 Å². The minimum absolute atomic E-state index is 0.0285. The van der Waals surface area contributed by atoms with Gasteiger partial charge in [-0.25, -0.2) is 4.39 Å². The first-order chi connectivity index (χ1) is 11.0. The van der Waals surface area contributed by atoms with E-state index in [1.165, 1.54) is 18.2 Å². The first kappa shape index (κ1) is 14.8. The van der Waals surface area contributed by atoms with Crippen LogP contribution in [0.5, 0.6) is 5.75 Å². The molecule has 0 saturated carbocycles. The van der Waals surface area contributed by atoms with Gasteiger partial charge in [0.2, 0.25) is 0 Å². The molecule has 4 nitrogen and oxygen atoms in total. The highest BCUT2D eigenvalue weighted by molar-refractivity contribution is 6.03. The number of amides is 1. The fraction of sp³-hybridized carbons (Fsp3) is 0.0556. The fourth-order valence-corrected chi connectivity index (χ4v) is 2.20. The van der Waals surface area contributed by atoms with Crippen molar-refractivity contribution in [2.75, 3.05) is 5.32 Å². The number of anilines is 1. The third-order valence-electron chi connectivity index (χ3n) is 3.37. The number of furan rings is 1. The molecule has 0 unspecified atom stereocenters. The van der Waals surface area contributed by atoms with E-state index in [4.69, 9.17) is 4.42 Å². The Kier molecular flexibility index (Phi) is 3.85. The first-order valence-electron chi connectivity index (χ1n) is 7.00. The van der Waals surface area contributed by atoms with Crippen LogP contribution in [-0.2, 0) is 0 Å². The van der Waals surface area contributed by atoms with Crippen molar-refractivity contribution in [2.45, 2.75) is 6.92 Å². The van der Waals surface area contributed by atoms with Gasteiger partial charge in [0.05, 0.1) is 11.3 Å². The average molecular weight is 311 g/mol. The molecule has 0 radical (unpaired) electrons. The molecule has 5 heteroatoms. The maximum absolute atomic E-state index is 13.7. The normalized spacial score (nSPS) is 10.5. The summed E-state index contributed by atoms with van der Waals surface area (Å²) in [6, 6.07) is 14.1. The van der Waals surface area contributed by atoms with Gasteiger partial charge in [-0.15, -0.1) is 0 Å². The van der Waals surface area contributed by atoms with Crippen LogP contribution in [-0.4, -0.2) is 11.0 Å². The van der Waals surface area contributed by atoms with Gasteiger partial charge in [0, 0.05) is 0 Å². The predicted octanol–water partition coefficient (Wildman–Crippen LogP) is 4.35. The van der Waals surface area contributed by atoms with Crippen LogP contribution >= 0.6 is 0 Å². The Labute approximate surface area is 132 Å². The summed E-state index contributed by atoms with van der Waals surface area (Å²) in [5.74, 6) is -0.680. The van der Waals surface area contributed by atoms with Crippen molar-refractivity contribution < 1.29 is 18.7 Å². The summed E-state index contributed by atoms with van der Waals surface area (Å²) < 4.78 is 19.1. The van der Waals surface area contributed by atoms with Gasteiger partial charge in [-0.2, -0.15) is 0 Å². The van der Waals surface area contributed by atoms with Crippen molar-refractivity contribution in [1.82, 2.24) is 0 Å². The lowest BCUT2D eigenvalue weighted by Crippen LogP contribution is -2.10. The summed E-state index contributed by atoms with van der Waals surface area (Å²) in [4.78, 5) is 12.2. The van der Waals surface area contributed by atoms with Gasteiger partial charge in [0.15, 0.2) is 5.76 Å². The van der Waals surface area contributed by atoms with E-state index in [2.05, 4.69) is 5.32 Å². The number of carbonyl (C=O) groups excluding carboxylic acids is 1. The topological polar surface area (TPSA) is 62.5 Å². The number of nitrogens with one attached hydrogen (secondary N) is 1. The second-order valence-electron chi connectivity index (χ2n) is 5.12. The zero-order valence-corrected chi connectivity index (χ0v) is 12.3. The van der Waals surface area contributed by atoms with Crippen LogP contribution in [0, 0.1) is 12.7 Å². The molecule has 0 saturated heterocycles. The van der Waals surface area contributed by atoms with E-state index in [9.17, 15) is 14.3 Å². The van der Waals surface area contributed by atoms with E-state index in [1.807, 2.05) is 6.92 Å². The quantitative estimate of drug-likeness (QED) is 0.707. The molecule has 1 aromatic heterocycles. The number of hydrogen-bond donors (Lipinski definition) is 2. The van der Waals surface area contributed by atoms with Crippen molar-refractivity contribution >= 4 is 11.6 Å². The van der Waals surface area contributed by atoms with E-state index in [0.29, 0.717) is 0 Å². The molecule has 0 aliphatic rings. The molecule has 0 atom stereocenters. The summed E-state index contributed by atoms with van der Waals surface area (Å²) in [5.41, 5.74) is 1.44. The average Bonchev–Trinajstić information content (AvgIpc) is 3.00. The Hall–Kier alpha value is -3.08. The van der Waals surface area contributed by atoms with Crippen molar-refractivity contribution in [3.63, 3.8) is 0 Å². The Morgan fingerprint density at radius 3 is 2.65 bits per heavy atom. The highest BCUT2D eigenvalue weighted by atomic mass is 19.1. The van der Waals surface area contributed by atoms with E-state index < -0.39 is 11.7 Å². The summed E-state index contributed by atoms with van der Waals surface area (Å²) in [6.45, 7) is 1.83. The number of hydrogen-bond acceptors (Lipinski definition) is 3. The van der Waals surface area contributed by atoms with E-state index in [0.717, 1.165) is 5.56 Å². The summed E-state index contributed by atoms with van der Waals surface area (Å²) in [7, 11) is 0. The molecule has 1 amide bonds. The molecule has 0 spiro atoms. The Morgan fingerprint density at radius 1 is 1.13 bits per heavy atom. The number of phenols is 1. The Bertz CT molecular complexity index is 870. The molecule has 116 valence electrons. The molecule has 2 aromatic carbocycles. The molecule has 1 heterocycles. The molecule has 3 rings (SSSR count). The molecule has 0 aliphatic carbocycles. The Balaban J connectivity index is 1.83. The van der Waals surface area contributed by atoms with Crippen LogP contribution in [0.15, 0.2) is 59.0 Å². The second kappa shape index (κ2) is 5.96. The van der Waals surface area contributed by atoms with Crippen molar-refractivity contribution in [3.05, 3.63) is 71.7 Å². The minimum Gasteiger partial charge on any atom is -0.506 e. The maximum Gasteiger partial charge on any atom is 0.291 e. The smallest absolute Gasteiger partial charge is 0.291 e. The SMILES string of the molecule is Cc1ccc(NC(=O)c2ccc(-c3ccccc3F)o2)c(O)c1. The molecular formula is C18H14FNO3. The van der Waals surface area contributed by atoms with Gasteiger partial charge in [-0.3, -0.25) is 4.79 Å². The van der Waals surface area contributed by atoms with E-state index in [-0.39, 0.29) is 28.5 Å². The number of rotatable bonds is 3. The number of aryl methyl sites for hydroxylation is 1. The van der Waals surface area contributed by atoms with Crippen LogP contribution in [0.25, 0.3) is 11.3 Å². The molecular weight excluding hydrogens is 297 g/mol. The molecule has 0 bridgehead atoms. The lowest BCUT2D eigenvalue weighted by atomic mass is 10.1. The van der Waals surface area contributed by atoms with Crippen LogP contribution in [0.2, 0.25) is 0 Å². The first-order valence-corrected chi connectivity index (χ1v) is 7.00. The standard InChI is InChI=1S/C18H14FNO3/c1-11-6-7-14(15(21)10-11)20-18(22)17-9-8-16(23-17)12-4-2-3-5-13(12)19/h2-10,21H,1H3,(H,20,22). The van der Waals surface area contributed by atoms with Gasteiger partial charge in [0.1, 0.15) is 17.3 Å². The molecule has 0 aliphatic heterocycles. The van der Waals surface area contributed by atoms with E-state index in [1.54, 1.807) is 36.4 Å². The molecule has 2 N–H and O–H groups in total. The monoisotopic (exact) mass is 311 g/mol. The van der Waals surface area contributed by atoms with Gasteiger partial charge < -0.3 is 14.8 Å². The molecule has 3 aromatic rings. The summed E-state index contributed by atoms with van der Waals surface area (Å²) >= 11 is 0. The predicted molar refractivity (Wildman–Crippen MR) is 84.9 cm³/mol. The van der Waals surface area contributed by atoms with Gasteiger partial charge in [-0.05, 0) is 48.9 Å². The number of benzene rings is 2. The maximum atomic E-state index is 13.7. The zero-order chi connectivity index (χ0) is 16.4. The fourth-order valence-electron chi connectivity index (χ4n) is 2.20. The van der Waals surface area contributed by atoms with Gasteiger partial charge in [-0.1, -0.05) is 18.2 Å². The Morgan fingerprint density at radius 2 is 1.91 bits per heavy atom. The van der Waals surface area contributed by atoms with Crippen LogP contribution in [0.1, 0.15) is 16.1 Å². The number of halogens is 1. The van der Waals surface area contributed by atoms with Crippen LogP contribution in [0.4, 0.5) is 10.1 Å². The lowest BCUT2D eigenvalue weighted by molar-refractivity contribution is 0.0997. The number of carbonyl (C=O) groups is 1. The second-order valence-corrected chi connectivity index (χ2v) is 5.12. The third kappa shape index (κ3) is 3.08. The highest BCUT2D eigenvalue weighted by Gasteiger charge is 2.15. The van der Waals surface area contributed by atoms with Crippen LogP contribution < -0.4 is 5.32 Å². The molecule has 0 fully saturated rings. The lowest BCUT2D eigenvalue weighted by Gasteiger charge is -2.06. The van der Waals surface area contributed by atoms with E-state index >= 15 is 0 Å². The number of aromatic hydroxyl groups is 1. The minimum atomic E-state index is -0.522. The highest BCUT2D eigenvalue weighted by Crippen LogP contribution is 2.27. The van der Waals surface area contributed by atoms with Crippen molar-refractivity contribution in [3.8, 4) is 17.1 Å². The summed E-state index contributed by atoms with van der Waals surface area (Å²) in [5, 5.41) is 12.4. The summed E-state index contributed by atoms with van der Waals surface area (Å²) in [6.07, 6.45) is 0. The zero-order valence-electron chi connectivity index (χ0n) is 12.3. The van der Waals surface area contributed by atoms with Crippen molar-refractivity contribution in [1.29, 1.82) is 0 Å². The number of phenolic OH excluding ortho intramolecular Hbond substituents is 1. The van der Waals surface area contributed by atoms with Crippen LogP contribution in [0.3, 0.4) is 0 Å².